The summed E-state index contributed by atoms with van der Waals surface area (Å²) in [4.78, 5) is 100. The van der Waals surface area contributed by atoms with E-state index >= 15 is 0 Å². The second-order valence-corrected chi connectivity index (χ2v) is 17.6. The molecular weight excluding hydrogens is 823 g/mol. The van der Waals surface area contributed by atoms with Gasteiger partial charge in [-0.3, -0.25) is 48.8 Å². The number of carbonyl (C=O) groups is 7. The Balaban J connectivity index is 0.734. The summed E-state index contributed by atoms with van der Waals surface area (Å²) < 4.78 is 0. The number of imide groups is 2. The van der Waals surface area contributed by atoms with Crippen LogP contribution in [0.4, 0.5) is 5.82 Å². The number of anilines is 1. The minimum Gasteiger partial charge on any atom is -0.353 e. The van der Waals surface area contributed by atoms with Crippen molar-refractivity contribution in [2.75, 3.05) is 56.5 Å². The van der Waals surface area contributed by atoms with Gasteiger partial charge in [-0.05, 0) is 92.2 Å². The standard InChI is InChI=1S/C46H55N9O7S/c56-39(18-14-33-10-8-22-47-31-33)48-23-5-4-9-32-20-24-54(25-21-32)45(61)35-15-17-38(51-50-35)52-26-28-53(29-27-52)41(58)13-3-1-2-6-30-63-37-12-7-11-34-42(37)46(62)55(44(34)60)36-16-19-40(57)49-43(36)59/h7-8,10-12,14-15,17-18,22,31-32,36H,1-6,9,13,16,19-21,23-30H2,(H,48,56)(H,49,57,59)/b18-14+. The number of likely N-dealkylation sites (tertiary alicyclic amines) is 1. The van der Waals surface area contributed by atoms with Crippen LogP contribution in [0.15, 0.2) is 65.8 Å². The van der Waals surface area contributed by atoms with Crippen LogP contribution in [0, 0.1) is 5.92 Å². The van der Waals surface area contributed by atoms with Gasteiger partial charge in [0.1, 0.15) is 6.04 Å². The minimum atomic E-state index is -0.990. The highest BCUT2D eigenvalue weighted by Crippen LogP contribution is 2.35. The largest absolute Gasteiger partial charge is 0.353 e. The predicted molar refractivity (Wildman–Crippen MR) is 237 cm³/mol. The topological polar surface area (TPSA) is 195 Å². The number of aromatic nitrogens is 3. The lowest BCUT2D eigenvalue weighted by molar-refractivity contribution is -0.136. The third kappa shape index (κ3) is 11.7. The average molecular weight is 878 g/mol. The van der Waals surface area contributed by atoms with Gasteiger partial charge >= 0.3 is 0 Å². The van der Waals surface area contributed by atoms with Gasteiger partial charge in [0.05, 0.1) is 11.1 Å². The van der Waals surface area contributed by atoms with Crippen molar-refractivity contribution in [3.63, 3.8) is 0 Å². The van der Waals surface area contributed by atoms with Gasteiger partial charge in [0.25, 0.3) is 17.7 Å². The highest BCUT2D eigenvalue weighted by Gasteiger charge is 2.45. The Hall–Kier alpha value is -5.97. The van der Waals surface area contributed by atoms with Crippen LogP contribution < -0.4 is 15.5 Å². The van der Waals surface area contributed by atoms with Crippen molar-refractivity contribution in [1.82, 2.24) is 40.5 Å². The molecule has 6 heterocycles. The van der Waals surface area contributed by atoms with Gasteiger partial charge in [0, 0.05) is 82.0 Å². The number of hydrogen-bond donors (Lipinski definition) is 2. The molecule has 1 atom stereocenters. The second-order valence-electron chi connectivity index (χ2n) is 16.4. The fourth-order valence-corrected chi connectivity index (χ4v) is 9.62. The Morgan fingerprint density at radius 2 is 1.62 bits per heavy atom. The third-order valence-corrected chi connectivity index (χ3v) is 13.3. The Bertz CT molecular complexity index is 2170. The van der Waals surface area contributed by atoms with E-state index in [1.807, 2.05) is 34.1 Å². The summed E-state index contributed by atoms with van der Waals surface area (Å²) in [5.74, 6) is -0.115. The Morgan fingerprint density at radius 1 is 0.810 bits per heavy atom. The zero-order valence-corrected chi connectivity index (χ0v) is 36.4. The predicted octanol–water partition coefficient (Wildman–Crippen LogP) is 4.52. The molecule has 0 saturated carbocycles. The molecule has 0 aliphatic carbocycles. The molecule has 4 aliphatic heterocycles. The highest BCUT2D eigenvalue weighted by molar-refractivity contribution is 7.99. The van der Waals surface area contributed by atoms with Crippen molar-refractivity contribution in [3.05, 3.63) is 83.3 Å². The fourth-order valence-electron chi connectivity index (χ4n) is 8.53. The first-order chi connectivity index (χ1) is 30.7. The summed E-state index contributed by atoms with van der Waals surface area (Å²) in [7, 11) is 0. The molecule has 7 amide bonds. The van der Waals surface area contributed by atoms with E-state index in [4.69, 9.17) is 0 Å². The van der Waals surface area contributed by atoms with E-state index < -0.39 is 29.7 Å². The number of amides is 7. The van der Waals surface area contributed by atoms with Crippen molar-refractivity contribution in [3.8, 4) is 0 Å². The molecule has 16 nitrogen and oxygen atoms in total. The zero-order chi connectivity index (χ0) is 44.1. The van der Waals surface area contributed by atoms with E-state index in [-0.39, 0.29) is 36.1 Å². The van der Waals surface area contributed by atoms with Gasteiger partial charge in [-0.2, -0.15) is 0 Å². The van der Waals surface area contributed by atoms with Crippen LogP contribution in [-0.4, -0.2) is 129 Å². The molecule has 4 aliphatic rings. The fraction of sp³-hybridized carbons (Fsp3) is 0.478. The van der Waals surface area contributed by atoms with Crippen molar-refractivity contribution >= 4 is 65.0 Å². The Labute approximate surface area is 371 Å². The number of fused-ring (bicyclic) bond motifs is 1. The van der Waals surface area contributed by atoms with Gasteiger partial charge < -0.3 is 20.0 Å². The quantitative estimate of drug-likeness (QED) is 0.0787. The molecule has 2 N–H and O–H groups in total. The number of rotatable bonds is 18. The summed E-state index contributed by atoms with van der Waals surface area (Å²) in [6, 6.07) is 11.5. The summed E-state index contributed by atoms with van der Waals surface area (Å²) in [5, 5.41) is 13.8. The molecule has 1 unspecified atom stereocenters. The first-order valence-electron chi connectivity index (χ1n) is 22.2. The lowest BCUT2D eigenvalue weighted by Crippen LogP contribution is -2.54. The molecule has 0 bridgehead atoms. The third-order valence-electron chi connectivity index (χ3n) is 12.2. The second kappa shape index (κ2) is 21.9. The van der Waals surface area contributed by atoms with Gasteiger partial charge in [-0.15, -0.1) is 22.0 Å². The number of piperidine rings is 2. The lowest BCUT2D eigenvalue weighted by Gasteiger charge is -2.35. The summed E-state index contributed by atoms with van der Waals surface area (Å²) in [6.45, 7) is 4.47. The molecule has 63 heavy (non-hydrogen) atoms. The smallest absolute Gasteiger partial charge is 0.274 e. The Kier molecular flexibility index (Phi) is 15.7. The minimum absolute atomic E-state index is 0.0769. The maximum atomic E-state index is 13.3. The van der Waals surface area contributed by atoms with Crippen LogP contribution in [0.5, 0.6) is 0 Å². The summed E-state index contributed by atoms with van der Waals surface area (Å²) >= 11 is 1.51. The number of benzene rings is 1. The van der Waals surface area contributed by atoms with E-state index in [9.17, 15) is 33.6 Å². The van der Waals surface area contributed by atoms with Crippen LogP contribution in [-0.2, 0) is 19.2 Å². The van der Waals surface area contributed by atoms with Crippen LogP contribution in [0.25, 0.3) is 6.08 Å². The van der Waals surface area contributed by atoms with Crippen molar-refractivity contribution in [1.29, 1.82) is 0 Å². The van der Waals surface area contributed by atoms with Crippen molar-refractivity contribution in [2.24, 2.45) is 5.92 Å². The number of hydrogen-bond acceptors (Lipinski definition) is 12. The van der Waals surface area contributed by atoms with E-state index in [0.29, 0.717) is 80.1 Å². The molecule has 2 aromatic heterocycles. The molecule has 17 heteroatoms. The maximum Gasteiger partial charge on any atom is 0.274 e. The molecular formula is C46H55N9O7S. The van der Waals surface area contributed by atoms with Crippen molar-refractivity contribution < 1.29 is 33.6 Å². The van der Waals surface area contributed by atoms with Crippen LogP contribution in [0.2, 0.25) is 0 Å². The van der Waals surface area contributed by atoms with Crippen molar-refractivity contribution in [2.45, 2.75) is 88.0 Å². The number of carbonyl (C=O) groups excluding carboxylic acids is 7. The number of piperazine rings is 1. The van der Waals surface area contributed by atoms with E-state index in [2.05, 4.69) is 30.7 Å². The summed E-state index contributed by atoms with van der Waals surface area (Å²) in [5.41, 5.74) is 1.83. The van der Waals surface area contributed by atoms with E-state index in [0.717, 1.165) is 74.0 Å². The van der Waals surface area contributed by atoms with Gasteiger partial charge in [-0.1, -0.05) is 37.8 Å². The van der Waals surface area contributed by atoms with Crippen LogP contribution in [0.3, 0.4) is 0 Å². The molecule has 0 spiro atoms. The molecule has 7 rings (SSSR count). The van der Waals surface area contributed by atoms with Gasteiger partial charge in [0.15, 0.2) is 11.5 Å². The average Bonchev–Trinajstić information content (AvgIpc) is 3.56. The molecule has 3 fully saturated rings. The van der Waals surface area contributed by atoms with Gasteiger partial charge in [-0.25, -0.2) is 0 Å². The number of pyridine rings is 1. The first kappa shape index (κ1) is 45.1. The van der Waals surface area contributed by atoms with Gasteiger partial charge in [0.2, 0.25) is 23.6 Å². The molecule has 3 aromatic rings. The summed E-state index contributed by atoms with van der Waals surface area (Å²) in [6.07, 6.45) is 15.7. The lowest BCUT2D eigenvalue weighted by atomic mass is 9.91. The number of nitrogens with one attached hydrogen (secondary N) is 2. The van der Waals surface area contributed by atoms with Crippen LogP contribution in [0.1, 0.15) is 114 Å². The molecule has 3 saturated heterocycles. The van der Waals surface area contributed by atoms with E-state index in [1.54, 1.807) is 36.7 Å². The van der Waals surface area contributed by atoms with E-state index in [1.165, 1.54) is 17.8 Å². The monoisotopic (exact) mass is 877 g/mol. The molecule has 0 radical (unpaired) electrons. The highest BCUT2D eigenvalue weighted by atomic mass is 32.2. The number of nitrogens with zero attached hydrogens (tertiary/aromatic N) is 7. The van der Waals surface area contributed by atoms with Crippen LogP contribution >= 0.6 is 11.8 Å². The SMILES string of the molecule is O=C(/C=C/c1cccnc1)NCCCCC1CCN(C(=O)c2ccc(N3CCN(C(=O)CCCCCCSc4cccc5c4C(=O)N(C4CCC(=O)NC4=O)C5=O)CC3)nn2)CC1. The Morgan fingerprint density at radius 3 is 2.37 bits per heavy atom. The molecule has 332 valence electrons. The zero-order valence-electron chi connectivity index (χ0n) is 35.5. The first-order valence-corrected chi connectivity index (χ1v) is 23.1. The number of thioether (sulfide) groups is 1. The maximum absolute atomic E-state index is 13.3. The molecule has 1 aromatic carbocycles. The normalized spacial score (nSPS) is 18.3. The number of unbranched alkanes of at least 4 members (excludes halogenated alkanes) is 4.